The van der Waals surface area contributed by atoms with Gasteiger partial charge in [0.1, 0.15) is 0 Å². The number of hydrogen-bond donors (Lipinski definition) is 0. The summed E-state index contributed by atoms with van der Waals surface area (Å²) in [5.74, 6) is 0. The largest absolute Gasteiger partial charge is 0.311 e. The van der Waals surface area contributed by atoms with Crippen LogP contribution in [0, 0.1) is 41.5 Å². The number of hydrogen-bond acceptors (Lipinski definition) is 1. The fourth-order valence-corrected chi connectivity index (χ4v) is 12.2. The molecule has 64 heavy (non-hydrogen) atoms. The number of nitrogens with zero attached hydrogens (tertiary/aromatic N) is 3. The van der Waals surface area contributed by atoms with E-state index in [2.05, 4.69) is 225 Å². The third-order valence-electron chi connectivity index (χ3n) is 14.4. The lowest BCUT2D eigenvalue weighted by molar-refractivity contribution is 1.17. The first-order valence-electron chi connectivity index (χ1n) is 22.6. The smallest absolute Gasteiger partial charge is 0.252 e. The van der Waals surface area contributed by atoms with Crippen LogP contribution < -0.4 is 21.3 Å². The van der Waals surface area contributed by atoms with E-state index in [1.54, 1.807) is 0 Å². The maximum atomic E-state index is 2.59. The standard InChI is InChI=1S/C60H46BN3/c1-35-28-37(3)57(38(4)29-35)41-20-23-44(24-21-41)63-53-26-22-42(58-39(5)30-36(2)31-40(58)6)32-50(53)61-49-17-11-13-19-52(49)64-56-34-55-47(33-48(56)46-25-27-54(63)59(61)60(46)64)45-16-10-12-18-51(45)62(55)43-14-8-7-9-15-43/h7-34H,1-6H3. The monoisotopic (exact) mass is 819 g/mol. The number of aryl methyl sites for hydroxylation is 6. The normalized spacial score (nSPS) is 12.8. The van der Waals surface area contributed by atoms with Crippen molar-refractivity contribution < 1.29 is 0 Å². The predicted octanol–water partition coefficient (Wildman–Crippen LogP) is 13.7. The van der Waals surface area contributed by atoms with Gasteiger partial charge in [-0.05, 0) is 163 Å². The van der Waals surface area contributed by atoms with Crippen LogP contribution in [0.25, 0.3) is 77.2 Å². The van der Waals surface area contributed by atoms with Crippen LogP contribution in [0.2, 0.25) is 0 Å². The van der Waals surface area contributed by atoms with E-state index >= 15 is 0 Å². The van der Waals surface area contributed by atoms with Crippen molar-refractivity contribution >= 4 is 83.8 Å². The van der Waals surface area contributed by atoms with E-state index in [-0.39, 0.29) is 6.71 Å². The third kappa shape index (κ3) is 5.11. The first-order valence-corrected chi connectivity index (χ1v) is 22.6. The summed E-state index contributed by atoms with van der Waals surface area (Å²) in [4.78, 5) is 2.54. The van der Waals surface area contributed by atoms with Crippen molar-refractivity contribution in [2.24, 2.45) is 0 Å². The highest BCUT2D eigenvalue weighted by atomic mass is 15.2. The fourth-order valence-electron chi connectivity index (χ4n) is 12.2. The van der Waals surface area contributed by atoms with Gasteiger partial charge in [-0.1, -0.05) is 120 Å². The molecule has 4 heterocycles. The Labute approximate surface area is 374 Å². The Bertz CT molecular complexity index is 3750. The van der Waals surface area contributed by atoms with Gasteiger partial charge in [0.2, 0.25) is 0 Å². The van der Waals surface area contributed by atoms with Gasteiger partial charge in [-0.3, -0.25) is 0 Å². The second-order valence-corrected chi connectivity index (χ2v) is 18.5. The van der Waals surface area contributed by atoms with Gasteiger partial charge in [0.25, 0.3) is 6.71 Å². The molecule has 0 unspecified atom stereocenters. The van der Waals surface area contributed by atoms with Gasteiger partial charge in [-0.25, -0.2) is 0 Å². The zero-order valence-electron chi connectivity index (χ0n) is 37.1. The molecule has 0 saturated heterocycles. The van der Waals surface area contributed by atoms with Crippen LogP contribution in [0.5, 0.6) is 0 Å². The van der Waals surface area contributed by atoms with Crippen molar-refractivity contribution in [3.8, 4) is 33.6 Å². The predicted molar refractivity (Wildman–Crippen MR) is 274 cm³/mol. The molecule has 0 spiro atoms. The zero-order chi connectivity index (χ0) is 43.1. The Balaban J connectivity index is 1.12. The first kappa shape index (κ1) is 37.0. The third-order valence-corrected chi connectivity index (χ3v) is 14.4. The maximum Gasteiger partial charge on any atom is 0.252 e. The average molecular weight is 820 g/mol. The first-order chi connectivity index (χ1) is 31.2. The maximum absolute atomic E-state index is 2.59. The molecule has 4 heteroatoms. The van der Waals surface area contributed by atoms with E-state index in [1.807, 2.05) is 0 Å². The van der Waals surface area contributed by atoms with Gasteiger partial charge in [-0.15, -0.1) is 0 Å². The van der Waals surface area contributed by atoms with E-state index in [9.17, 15) is 0 Å². The molecule has 0 N–H and O–H groups in total. The average Bonchev–Trinajstić information content (AvgIpc) is 3.80. The zero-order valence-corrected chi connectivity index (χ0v) is 37.1. The molecule has 2 aliphatic rings. The van der Waals surface area contributed by atoms with E-state index in [0.717, 1.165) is 5.69 Å². The van der Waals surface area contributed by atoms with Gasteiger partial charge in [0.15, 0.2) is 0 Å². The topological polar surface area (TPSA) is 13.1 Å². The molecule has 0 bridgehead atoms. The number of para-hydroxylation sites is 3. The lowest BCUT2D eigenvalue weighted by atomic mass is 9.33. The highest BCUT2D eigenvalue weighted by molar-refractivity contribution is 7.00. The molecule has 2 aliphatic heterocycles. The minimum Gasteiger partial charge on any atom is -0.311 e. The molecule has 0 radical (unpaired) electrons. The van der Waals surface area contributed by atoms with Crippen LogP contribution in [-0.4, -0.2) is 15.8 Å². The van der Waals surface area contributed by atoms with Gasteiger partial charge in [0.05, 0.1) is 22.1 Å². The van der Waals surface area contributed by atoms with Crippen LogP contribution in [-0.2, 0) is 0 Å². The Morgan fingerprint density at radius 1 is 0.359 bits per heavy atom. The van der Waals surface area contributed by atoms with Crippen molar-refractivity contribution in [2.75, 3.05) is 4.90 Å². The molecule has 2 aromatic heterocycles. The quantitative estimate of drug-likeness (QED) is 0.161. The molecule has 304 valence electrons. The van der Waals surface area contributed by atoms with Crippen molar-refractivity contribution in [2.45, 2.75) is 41.5 Å². The van der Waals surface area contributed by atoms with Crippen molar-refractivity contribution in [3.05, 3.63) is 203 Å². The molecule has 0 atom stereocenters. The second-order valence-electron chi connectivity index (χ2n) is 18.5. The SMILES string of the molecule is Cc1cc(C)c(-c2ccc(N3c4ccc(-c5c(C)cc(C)cc5C)cc4B4c5ccccc5-n5c6cc7c(cc6c6ccc3c4c65)c3ccccc3n7-c3ccccc3)cc2)c(C)c1. The van der Waals surface area contributed by atoms with Crippen molar-refractivity contribution in [3.63, 3.8) is 0 Å². The molecular formula is C60H46BN3. The van der Waals surface area contributed by atoms with Gasteiger partial charge in [0, 0.05) is 50.0 Å². The summed E-state index contributed by atoms with van der Waals surface area (Å²) in [5, 5.41) is 5.11. The minimum atomic E-state index is 0.0366. The summed E-state index contributed by atoms with van der Waals surface area (Å²) in [6, 6.07) is 64.5. The lowest BCUT2D eigenvalue weighted by Crippen LogP contribution is -2.60. The fraction of sp³-hybridized carbons (Fsp3) is 0.100. The van der Waals surface area contributed by atoms with Crippen LogP contribution in [0.4, 0.5) is 17.1 Å². The van der Waals surface area contributed by atoms with Crippen molar-refractivity contribution in [1.82, 2.24) is 9.13 Å². The van der Waals surface area contributed by atoms with Crippen LogP contribution >= 0.6 is 0 Å². The second kappa shape index (κ2) is 13.5. The molecular weight excluding hydrogens is 773 g/mol. The summed E-state index contributed by atoms with van der Waals surface area (Å²) in [6.07, 6.45) is 0. The summed E-state index contributed by atoms with van der Waals surface area (Å²) in [6.45, 7) is 13.4. The summed E-state index contributed by atoms with van der Waals surface area (Å²) in [5.41, 5.74) is 28.1. The summed E-state index contributed by atoms with van der Waals surface area (Å²) < 4.78 is 5.04. The molecule has 0 saturated carbocycles. The van der Waals surface area contributed by atoms with Gasteiger partial charge >= 0.3 is 0 Å². The Morgan fingerprint density at radius 2 is 0.953 bits per heavy atom. The number of benzene rings is 9. The van der Waals surface area contributed by atoms with E-state index < -0.39 is 0 Å². The summed E-state index contributed by atoms with van der Waals surface area (Å²) >= 11 is 0. The van der Waals surface area contributed by atoms with E-state index in [0.29, 0.717) is 0 Å². The number of rotatable bonds is 4. The van der Waals surface area contributed by atoms with Crippen LogP contribution in [0.1, 0.15) is 33.4 Å². The minimum absolute atomic E-state index is 0.0366. The Morgan fingerprint density at radius 3 is 1.69 bits per heavy atom. The van der Waals surface area contributed by atoms with Crippen molar-refractivity contribution in [1.29, 1.82) is 0 Å². The molecule has 0 aliphatic carbocycles. The summed E-state index contributed by atoms with van der Waals surface area (Å²) in [7, 11) is 0. The Hall–Kier alpha value is -7.56. The molecule has 0 amide bonds. The molecule has 11 aromatic rings. The number of fused-ring (bicyclic) bond motifs is 11. The highest BCUT2D eigenvalue weighted by Crippen LogP contribution is 2.46. The van der Waals surface area contributed by atoms with E-state index in [4.69, 9.17) is 0 Å². The number of anilines is 3. The molecule has 3 nitrogen and oxygen atoms in total. The Kier molecular flexibility index (Phi) is 7.80. The molecule has 13 rings (SSSR count). The highest BCUT2D eigenvalue weighted by Gasteiger charge is 2.42. The van der Waals surface area contributed by atoms with Crippen LogP contribution in [0.3, 0.4) is 0 Å². The number of aromatic nitrogens is 2. The van der Waals surface area contributed by atoms with Gasteiger partial charge < -0.3 is 14.0 Å². The molecule has 9 aromatic carbocycles. The lowest BCUT2D eigenvalue weighted by Gasteiger charge is -2.40. The van der Waals surface area contributed by atoms with Gasteiger partial charge in [-0.2, -0.15) is 0 Å². The van der Waals surface area contributed by atoms with E-state index in [1.165, 1.54) is 138 Å². The van der Waals surface area contributed by atoms with Crippen LogP contribution in [0.15, 0.2) is 170 Å². The molecule has 0 fully saturated rings.